The summed E-state index contributed by atoms with van der Waals surface area (Å²) in [7, 11) is 0. The number of nitrogens with one attached hydrogen (secondary N) is 1. The predicted molar refractivity (Wildman–Crippen MR) is 93.4 cm³/mol. The van der Waals surface area contributed by atoms with Crippen molar-refractivity contribution in [1.29, 1.82) is 0 Å². The fraction of sp³-hybridized carbons (Fsp3) is 0.125. The first kappa shape index (κ1) is 14.6. The second-order valence-corrected chi connectivity index (χ2v) is 7.24. The molecule has 1 aliphatic rings. The zero-order chi connectivity index (χ0) is 15.8. The van der Waals surface area contributed by atoms with Crippen LogP contribution < -0.4 is 5.32 Å². The van der Waals surface area contributed by atoms with E-state index in [0.717, 1.165) is 24.2 Å². The Balaban J connectivity index is 1.67. The minimum atomic E-state index is -1.75. The average Bonchev–Trinajstić information content (AvgIpc) is 3.04. The van der Waals surface area contributed by atoms with Crippen LogP contribution in [0.2, 0.25) is 0 Å². The number of hydrogen-bond donors (Lipinski definition) is 3. The SMILES string of the molecule is O[S+](O)c1cccc(Nc2ncc3c(n2)-c2ccsc2CC3)c1. The molecule has 0 fully saturated rings. The summed E-state index contributed by atoms with van der Waals surface area (Å²) < 4.78 is 18.6. The first-order chi connectivity index (χ1) is 11.2. The van der Waals surface area contributed by atoms with Gasteiger partial charge in [-0.05, 0) is 35.9 Å². The summed E-state index contributed by atoms with van der Waals surface area (Å²) in [6.07, 6.45) is 3.89. The van der Waals surface area contributed by atoms with Crippen LogP contribution in [0.3, 0.4) is 0 Å². The van der Waals surface area contributed by atoms with E-state index in [4.69, 9.17) is 0 Å². The minimum Gasteiger partial charge on any atom is -0.324 e. The number of aryl methyl sites for hydroxylation is 2. The first-order valence-electron chi connectivity index (χ1n) is 7.13. The van der Waals surface area contributed by atoms with Crippen molar-refractivity contribution in [3.05, 3.63) is 52.3 Å². The molecule has 0 atom stereocenters. The number of anilines is 2. The Morgan fingerprint density at radius 3 is 2.96 bits per heavy atom. The van der Waals surface area contributed by atoms with Gasteiger partial charge in [0.2, 0.25) is 10.8 Å². The molecule has 116 valence electrons. The summed E-state index contributed by atoms with van der Waals surface area (Å²) in [5, 5.41) is 5.23. The van der Waals surface area contributed by atoms with Crippen molar-refractivity contribution in [2.24, 2.45) is 0 Å². The highest BCUT2D eigenvalue weighted by Crippen LogP contribution is 2.35. The Hall–Kier alpha value is -1.93. The molecule has 23 heavy (non-hydrogen) atoms. The van der Waals surface area contributed by atoms with E-state index in [1.54, 1.807) is 29.5 Å². The molecule has 5 nitrogen and oxygen atoms in total. The lowest BCUT2D eigenvalue weighted by atomic mass is 9.96. The van der Waals surface area contributed by atoms with E-state index in [1.165, 1.54) is 16.0 Å². The molecule has 0 unspecified atom stereocenters. The van der Waals surface area contributed by atoms with Crippen LogP contribution in [-0.4, -0.2) is 19.1 Å². The van der Waals surface area contributed by atoms with Gasteiger partial charge in [-0.1, -0.05) is 6.07 Å². The fourth-order valence-corrected chi connectivity index (χ4v) is 4.01. The van der Waals surface area contributed by atoms with Gasteiger partial charge in [0, 0.05) is 34.5 Å². The van der Waals surface area contributed by atoms with Crippen molar-refractivity contribution >= 4 is 34.4 Å². The smallest absolute Gasteiger partial charge is 0.324 e. The summed E-state index contributed by atoms with van der Waals surface area (Å²) in [6, 6.07) is 9.06. The number of aromatic nitrogens is 2. The van der Waals surface area contributed by atoms with Crippen LogP contribution in [0.1, 0.15) is 10.4 Å². The molecule has 0 aliphatic heterocycles. The molecule has 0 radical (unpaired) electrons. The van der Waals surface area contributed by atoms with E-state index >= 15 is 0 Å². The van der Waals surface area contributed by atoms with Gasteiger partial charge in [0.25, 0.3) is 0 Å². The summed E-state index contributed by atoms with van der Waals surface area (Å²) in [4.78, 5) is 10.9. The molecule has 1 aliphatic carbocycles. The van der Waals surface area contributed by atoms with Gasteiger partial charge in [-0.3, -0.25) is 0 Å². The lowest BCUT2D eigenvalue weighted by Crippen LogP contribution is -2.07. The van der Waals surface area contributed by atoms with E-state index < -0.39 is 11.5 Å². The van der Waals surface area contributed by atoms with E-state index in [-0.39, 0.29) is 0 Å². The van der Waals surface area contributed by atoms with Crippen LogP contribution in [0.4, 0.5) is 11.6 Å². The maximum Gasteiger partial charge on any atom is 0.351 e. The molecule has 1 aromatic carbocycles. The van der Waals surface area contributed by atoms with Crippen molar-refractivity contribution in [2.75, 3.05) is 5.32 Å². The topological polar surface area (TPSA) is 78.3 Å². The van der Waals surface area contributed by atoms with Crippen molar-refractivity contribution < 1.29 is 9.11 Å². The zero-order valence-electron chi connectivity index (χ0n) is 12.1. The van der Waals surface area contributed by atoms with Gasteiger partial charge < -0.3 is 5.32 Å². The van der Waals surface area contributed by atoms with Crippen LogP contribution in [-0.2, 0) is 24.3 Å². The molecule has 0 saturated heterocycles. The average molecular weight is 344 g/mol. The third kappa shape index (κ3) is 2.84. The van der Waals surface area contributed by atoms with Gasteiger partial charge in [0.15, 0.2) is 0 Å². The number of benzene rings is 1. The standard InChI is InChI=1S/C16H14N3O2S2/c20-23(21)12-3-1-2-11(8-12)18-16-17-9-10-4-5-14-13(6-7-22-14)15(10)19-16/h1-3,6-9,20-21H,4-5H2,(H,17,18,19)/q+1. The highest BCUT2D eigenvalue weighted by Gasteiger charge is 2.20. The molecule has 3 aromatic rings. The minimum absolute atomic E-state index is 0.452. The lowest BCUT2D eigenvalue weighted by molar-refractivity contribution is 0.505. The van der Waals surface area contributed by atoms with Gasteiger partial charge in [-0.15, -0.1) is 11.3 Å². The number of rotatable bonds is 3. The largest absolute Gasteiger partial charge is 0.351 e. The Labute approximate surface area is 140 Å². The van der Waals surface area contributed by atoms with Crippen molar-refractivity contribution in [1.82, 2.24) is 9.97 Å². The second-order valence-electron chi connectivity index (χ2n) is 5.24. The fourth-order valence-electron chi connectivity index (χ4n) is 2.69. The third-order valence-corrected chi connectivity index (χ3v) is 5.44. The van der Waals surface area contributed by atoms with Crippen molar-refractivity contribution in [3.63, 3.8) is 0 Å². The predicted octanol–water partition coefficient (Wildman–Crippen LogP) is 3.97. The highest BCUT2D eigenvalue weighted by atomic mass is 32.2. The van der Waals surface area contributed by atoms with Crippen LogP contribution in [0.5, 0.6) is 0 Å². The number of hydrogen-bond acceptors (Lipinski definition) is 6. The lowest BCUT2D eigenvalue weighted by Gasteiger charge is -2.16. The van der Waals surface area contributed by atoms with Gasteiger partial charge in [0.1, 0.15) is 0 Å². The molecule has 2 heterocycles. The molecule has 0 spiro atoms. The maximum atomic E-state index is 9.28. The summed E-state index contributed by atoms with van der Waals surface area (Å²) in [6.45, 7) is 0. The highest BCUT2D eigenvalue weighted by molar-refractivity contribution is 7.86. The van der Waals surface area contributed by atoms with E-state index in [1.807, 2.05) is 12.3 Å². The third-order valence-electron chi connectivity index (χ3n) is 3.79. The Morgan fingerprint density at radius 2 is 2.09 bits per heavy atom. The Bertz CT molecular complexity index is 864. The van der Waals surface area contributed by atoms with Crippen LogP contribution in [0.15, 0.2) is 46.8 Å². The first-order valence-corrected chi connectivity index (χ1v) is 9.15. The van der Waals surface area contributed by atoms with E-state index in [2.05, 4.69) is 26.7 Å². The molecule has 0 saturated carbocycles. The van der Waals surface area contributed by atoms with Gasteiger partial charge in [0.05, 0.1) is 5.69 Å². The Morgan fingerprint density at radius 1 is 1.17 bits per heavy atom. The number of thiophene rings is 1. The van der Waals surface area contributed by atoms with Gasteiger partial charge >= 0.3 is 11.5 Å². The summed E-state index contributed by atoms with van der Waals surface area (Å²) in [5.41, 5.74) is 4.08. The van der Waals surface area contributed by atoms with Crippen LogP contribution >= 0.6 is 11.3 Å². The molecule has 0 bridgehead atoms. The quantitative estimate of drug-likeness (QED) is 0.627. The Kier molecular flexibility index (Phi) is 3.78. The molecule has 7 heteroatoms. The van der Waals surface area contributed by atoms with E-state index in [0.29, 0.717) is 10.8 Å². The number of fused-ring (bicyclic) bond motifs is 3. The monoisotopic (exact) mass is 344 g/mol. The normalized spacial score (nSPS) is 12.8. The van der Waals surface area contributed by atoms with E-state index in [9.17, 15) is 9.11 Å². The maximum absolute atomic E-state index is 9.28. The molecular weight excluding hydrogens is 330 g/mol. The van der Waals surface area contributed by atoms with Crippen LogP contribution in [0.25, 0.3) is 11.3 Å². The molecule has 4 rings (SSSR count). The van der Waals surface area contributed by atoms with Gasteiger partial charge in [-0.25, -0.2) is 9.97 Å². The molecular formula is C16H14N3O2S2+. The molecule has 0 amide bonds. The van der Waals surface area contributed by atoms with Crippen LogP contribution in [0, 0.1) is 0 Å². The summed E-state index contributed by atoms with van der Waals surface area (Å²) in [5.74, 6) is 0.510. The van der Waals surface area contributed by atoms with Crippen molar-refractivity contribution in [2.45, 2.75) is 17.7 Å². The second kappa shape index (κ2) is 5.93. The van der Waals surface area contributed by atoms with Crippen molar-refractivity contribution in [3.8, 4) is 11.3 Å². The number of nitrogens with zero attached hydrogens (tertiary/aromatic N) is 2. The molecule has 3 N–H and O–H groups in total. The van der Waals surface area contributed by atoms with Gasteiger partial charge in [-0.2, -0.15) is 9.11 Å². The zero-order valence-corrected chi connectivity index (χ0v) is 13.7. The summed E-state index contributed by atoms with van der Waals surface area (Å²) >= 11 is 0.0155. The molecule has 2 aromatic heterocycles.